The Morgan fingerprint density at radius 3 is 2.42 bits per heavy atom. The minimum Gasteiger partial charge on any atom is -0.507 e. The normalized spacial score (nSPS) is 10.2. The van der Waals surface area contributed by atoms with Gasteiger partial charge in [0, 0.05) is 11.1 Å². The van der Waals surface area contributed by atoms with Crippen LogP contribution in [0, 0.1) is 0 Å². The van der Waals surface area contributed by atoms with Crippen molar-refractivity contribution in [3.63, 3.8) is 0 Å². The fourth-order valence-corrected chi connectivity index (χ4v) is 1.89. The van der Waals surface area contributed by atoms with Crippen molar-refractivity contribution < 1.29 is 19.7 Å². The van der Waals surface area contributed by atoms with Crippen LogP contribution in [-0.2, 0) is 0 Å². The summed E-state index contributed by atoms with van der Waals surface area (Å²) in [6, 6.07) is 8.57. The van der Waals surface area contributed by atoms with Crippen LogP contribution in [-0.4, -0.2) is 16.2 Å². The molecule has 0 spiro atoms. The first-order valence-electron chi connectivity index (χ1n) is 5.16. The maximum atomic E-state index is 10.7. The summed E-state index contributed by atoms with van der Waals surface area (Å²) < 4.78 is 5.44. The van der Waals surface area contributed by atoms with Crippen LogP contribution in [0.25, 0.3) is 0 Å². The van der Waals surface area contributed by atoms with Gasteiger partial charge in [-0.25, -0.2) is 4.79 Å². The second kappa shape index (κ2) is 5.38. The Morgan fingerprint density at radius 2 is 1.84 bits per heavy atom. The molecule has 0 unspecified atom stereocenters. The molecule has 0 saturated heterocycles. The van der Waals surface area contributed by atoms with E-state index in [1.54, 1.807) is 12.1 Å². The zero-order valence-corrected chi connectivity index (χ0v) is 10.9. The van der Waals surface area contributed by atoms with Gasteiger partial charge in [-0.15, -0.1) is 0 Å². The number of carboxylic acid groups (broad SMARTS) is 1. The molecule has 0 amide bonds. The number of rotatable bonds is 3. The number of ether oxygens (including phenoxy) is 1. The number of aromatic carboxylic acids is 1. The average Bonchev–Trinajstić information content (AvgIpc) is 2.32. The van der Waals surface area contributed by atoms with Crippen LogP contribution in [0.2, 0.25) is 10.0 Å². The summed E-state index contributed by atoms with van der Waals surface area (Å²) in [5, 5.41) is 19.1. The summed E-state index contributed by atoms with van der Waals surface area (Å²) in [7, 11) is 0. The van der Waals surface area contributed by atoms with Crippen LogP contribution >= 0.6 is 23.2 Å². The van der Waals surface area contributed by atoms with E-state index in [-0.39, 0.29) is 17.1 Å². The molecule has 2 aromatic rings. The van der Waals surface area contributed by atoms with Crippen LogP contribution < -0.4 is 4.74 Å². The molecule has 0 fully saturated rings. The molecule has 4 nitrogen and oxygen atoms in total. The molecule has 6 heteroatoms. The summed E-state index contributed by atoms with van der Waals surface area (Å²) in [6.07, 6.45) is 0. The van der Waals surface area contributed by atoms with Gasteiger partial charge < -0.3 is 14.9 Å². The molecular weight excluding hydrogens is 291 g/mol. The fraction of sp³-hybridized carbons (Fsp3) is 0. The molecule has 19 heavy (non-hydrogen) atoms. The number of hydrogen-bond donors (Lipinski definition) is 2. The lowest BCUT2D eigenvalue weighted by molar-refractivity contribution is 0.0693. The summed E-state index contributed by atoms with van der Waals surface area (Å²) in [5.74, 6) is -0.969. The van der Waals surface area contributed by atoms with Crippen molar-refractivity contribution in [3.05, 3.63) is 52.0 Å². The SMILES string of the molecule is O=C(O)c1ccc(Oc2ccc(Cl)cc2Cl)cc1O. The molecule has 0 saturated carbocycles. The first kappa shape index (κ1) is 13.5. The first-order chi connectivity index (χ1) is 8.97. The molecule has 0 aliphatic heterocycles. The predicted octanol–water partition coefficient (Wildman–Crippen LogP) is 4.19. The highest BCUT2D eigenvalue weighted by atomic mass is 35.5. The summed E-state index contributed by atoms with van der Waals surface area (Å²) >= 11 is 11.7. The predicted molar refractivity (Wildman–Crippen MR) is 71.6 cm³/mol. The number of carbonyl (C=O) groups is 1. The fourth-order valence-electron chi connectivity index (χ4n) is 1.44. The smallest absolute Gasteiger partial charge is 0.339 e. The van der Waals surface area contributed by atoms with Gasteiger partial charge in [0.05, 0.1) is 5.02 Å². The van der Waals surface area contributed by atoms with E-state index in [2.05, 4.69) is 0 Å². The van der Waals surface area contributed by atoms with Gasteiger partial charge in [-0.1, -0.05) is 23.2 Å². The minimum atomic E-state index is -1.21. The quantitative estimate of drug-likeness (QED) is 0.891. The lowest BCUT2D eigenvalue weighted by atomic mass is 10.2. The lowest BCUT2D eigenvalue weighted by Crippen LogP contribution is -1.96. The molecule has 0 aliphatic carbocycles. The van der Waals surface area contributed by atoms with Gasteiger partial charge in [-0.05, 0) is 30.3 Å². The zero-order valence-electron chi connectivity index (χ0n) is 9.43. The molecule has 0 bridgehead atoms. The summed E-state index contributed by atoms with van der Waals surface area (Å²) in [5.41, 5.74) is -0.199. The third-order valence-electron chi connectivity index (χ3n) is 2.32. The van der Waals surface area contributed by atoms with Crippen LogP contribution in [0.15, 0.2) is 36.4 Å². The number of hydrogen-bond acceptors (Lipinski definition) is 3. The van der Waals surface area contributed by atoms with E-state index in [1.165, 1.54) is 24.3 Å². The molecule has 98 valence electrons. The number of phenols is 1. The third kappa shape index (κ3) is 3.10. The van der Waals surface area contributed by atoms with Crippen molar-refractivity contribution >= 4 is 29.2 Å². The molecule has 2 aromatic carbocycles. The Kier molecular flexibility index (Phi) is 3.83. The molecule has 0 aliphatic rings. The van der Waals surface area contributed by atoms with E-state index in [0.717, 1.165) is 0 Å². The number of benzene rings is 2. The molecule has 0 aromatic heterocycles. The largest absolute Gasteiger partial charge is 0.507 e. The van der Waals surface area contributed by atoms with Gasteiger partial charge in [0.15, 0.2) is 0 Å². The van der Waals surface area contributed by atoms with E-state index in [0.29, 0.717) is 15.8 Å². The van der Waals surface area contributed by atoms with Crippen LogP contribution in [0.3, 0.4) is 0 Å². The third-order valence-corrected chi connectivity index (χ3v) is 2.85. The van der Waals surface area contributed by atoms with Crippen LogP contribution in [0.1, 0.15) is 10.4 Å². The minimum absolute atomic E-state index is 0.199. The van der Waals surface area contributed by atoms with Crippen LogP contribution in [0.4, 0.5) is 0 Å². The Morgan fingerprint density at radius 1 is 1.11 bits per heavy atom. The highest BCUT2D eigenvalue weighted by Crippen LogP contribution is 2.33. The Bertz CT molecular complexity index is 641. The van der Waals surface area contributed by atoms with Crippen molar-refractivity contribution in [3.8, 4) is 17.2 Å². The van der Waals surface area contributed by atoms with E-state index in [1.807, 2.05) is 0 Å². The topological polar surface area (TPSA) is 66.8 Å². The molecular formula is C13H8Cl2O4. The second-order valence-corrected chi connectivity index (χ2v) is 4.50. The Labute approximate surface area is 118 Å². The van der Waals surface area contributed by atoms with Crippen LogP contribution in [0.5, 0.6) is 17.2 Å². The molecule has 2 rings (SSSR count). The monoisotopic (exact) mass is 298 g/mol. The van der Waals surface area contributed by atoms with Gasteiger partial charge in [0.25, 0.3) is 0 Å². The molecule has 0 radical (unpaired) electrons. The maximum absolute atomic E-state index is 10.7. The summed E-state index contributed by atoms with van der Waals surface area (Å²) in [6.45, 7) is 0. The Balaban J connectivity index is 2.29. The van der Waals surface area contributed by atoms with Gasteiger partial charge in [0.1, 0.15) is 22.8 Å². The maximum Gasteiger partial charge on any atom is 0.339 e. The van der Waals surface area contributed by atoms with Crippen molar-refractivity contribution in [2.24, 2.45) is 0 Å². The molecule has 0 atom stereocenters. The number of carboxylic acids is 1. The van der Waals surface area contributed by atoms with E-state index in [9.17, 15) is 9.90 Å². The first-order valence-corrected chi connectivity index (χ1v) is 5.92. The van der Waals surface area contributed by atoms with Crippen molar-refractivity contribution in [2.45, 2.75) is 0 Å². The number of aromatic hydroxyl groups is 1. The van der Waals surface area contributed by atoms with Gasteiger partial charge in [-0.3, -0.25) is 0 Å². The molecule has 2 N–H and O–H groups in total. The lowest BCUT2D eigenvalue weighted by Gasteiger charge is -2.09. The summed E-state index contributed by atoms with van der Waals surface area (Å²) in [4.78, 5) is 10.7. The van der Waals surface area contributed by atoms with Crippen molar-refractivity contribution in [1.82, 2.24) is 0 Å². The Hall–Kier alpha value is -1.91. The van der Waals surface area contributed by atoms with Gasteiger partial charge >= 0.3 is 5.97 Å². The van der Waals surface area contributed by atoms with Gasteiger partial charge in [-0.2, -0.15) is 0 Å². The highest BCUT2D eigenvalue weighted by molar-refractivity contribution is 6.35. The van der Waals surface area contributed by atoms with E-state index in [4.69, 9.17) is 33.0 Å². The van der Waals surface area contributed by atoms with Crippen molar-refractivity contribution in [2.75, 3.05) is 0 Å². The number of halogens is 2. The van der Waals surface area contributed by atoms with Gasteiger partial charge in [0.2, 0.25) is 0 Å². The van der Waals surface area contributed by atoms with E-state index >= 15 is 0 Å². The second-order valence-electron chi connectivity index (χ2n) is 3.66. The van der Waals surface area contributed by atoms with Crippen molar-refractivity contribution in [1.29, 1.82) is 0 Å². The highest BCUT2D eigenvalue weighted by Gasteiger charge is 2.11. The molecule has 0 heterocycles. The zero-order chi connectivity index (χ0) is 14.0. The standard InChI is InChI=1S/C13H8Cl2O4/c14-7-1-4-12(10(15)5-7)19-8-2-3-9(13(17)18)11(16)6-8/h1-6,16H,(H,17,18). The van der Waals surface area contributed by atoms with E-state index < -0.39 is 5.97 Å². The average molecular weight is 299 g/mol.